The van der Waals surface area contributed by atoms with E-state index in [1.807, 2.05) is 35.4 Å². The lowest BCUT2D eigenvalue weighted by Gasteiger charge is -2.31. The number of aromatic nitrogens is 1. The van der Waals surface area contributed by atoms with Crippen LogP contribution in [0.15, 0.2) is 30.5 Å². The molecule has 0 aliphatic carbocycles. The van der Waals surface area contributed by atoms with Crippen molar-refractivity contribution in [1.82, 2.24) is 14.8 Å². The molecule has 4 rings (SSSR count). The highest BCUT2D eigenvalue weighted by molar-refractivity contribution is 5.98. The van der Waals surface area contributed by atoms with Crippen molar-refractivity contribution >= 4 is 16.8 Å². The fraction of sp³-hybridized carbons (Fsp3) is 0.550. The van der Waals surface area contributed by atoms with E-state index < -0.39 is 0 Å². The van der Waals surface area contributed by atoms with E-state index in [4.69, 9.17) is 4.74 Å². The fourth-order valence-corrected chi connectivity index (χ4v) is 3.99. The van der Waals surface area contributed by atoms with Crippen LogP contribution < -0.4 is 0 Å². The Balaban J connectivity index is 1.44. The number of aromatic amines is 1. The molecule has 2 aliphatic heterocycles. The van der Waals surface area contributed by atoms with Gasteiger partial charge in [-0.25, -0.2) is 0 Å². The molecule has 134 valence electrons. The van der Waals surface area contributed by atoms with E-state index in [9.17, 15) is 4.79 Å². The molecule has 2 saturated heterocycles. The topological polar surface area (TPSA) is 48.6 Å². The Labute approximate surface area is 148 Å². The molecule has 0 saturated carbocycles. The van der Waals surface area contributed by atoms with Crippen molar-refractivity contribution in [2.45, 2.75) is 31.8 Å². The van der Waals surface area contributed by atoms with E-state index in [0.717, 1.165) is 55.7 Å². The highest BCUT2D eigenvalue weighted by Crippen LogP contribution is 2.18. The highest BCUT2D eigenvalue weighted by atomic mass is 16.5. The monoisotopic (exact) mass is 341 g/mol. The van der Waals surface area contributed by atoms with Crippen LogP contribution in [0.25, 0.3) is 10.9 Å². The average Bonchev–Trinajstić information content (AvgIpc) is 3.00. The summed E-state index contributed by atoms with van der Waals surface area (Å²) in [6.07, 6.45) is 6.86. The number of carbonyl (C=O) groups excluding carboxylic acids is 1. The van der Waals surface area contributed by atoms with Crippen LogP contribution in [0.1, 0.15) is 36.0 Å². The van der Waals surface area contributed by atoms with Gasteiger partial charge in [-0.05, 0) is 56.6 Å². The third kappa shape index (κ3) is 3.88. The van der Waals surface area contributed by atoms with Crippen molar-refractivity contribution in [3.05, 3.63) is 36.0 Å². The molecular formula is C20H27N3O2. The lowest BCUT2D eigenvalue weighted by atomic mass is 10.1. The van der Waals surface area contributed by atoms with Crippen LogP contribution in [-0.2, 0) is 4.74 Å². The number of nitrogens with one attached hydrogen (secondary N) is 1. The van der Waals surface area contributed by atoms with Crippen LogP contribution in [0.3, 0.4) is 0 Å². The van der Waals surface area contributed by atoms with Crippen molar-refractivity contribution < 1.29 is 9.53 Å². The number of hydrogen-bond donors (Lipinski definition) is 1. The summed E-state index contributed by atoms with van der Waals surface area (Å²) in [5.41, 5.74) is 1.84. The third-order valence-electron chi connectivity index (χ3n) is 5.35. The Morgan fingerprint density at radius 1 is 1.12 bits per heavy atom. The van der Waals surface area contributed by atoms with Crippen LogP contribution in [-0.4, -0.2) is 66.1 Å². The number of amides is 1. The molecule has 1 aromatic heterocycles. The summed E-state index contributed by atoms with van der Waals surface area (Å²) in [6, 6.07) is 7.91. The smallest absolute Gasteiger partial charge is 0.253 e. The van der Waals surface area contributed by atoms with Crippen LogP contribution >= 0.6 is 0 Å². The van der Waals surface area contributed by atoms with Crippen molar-refractivity contribution in [1.29, 1.82) is 0 Å². The Kier molecular flexibility index (Phi) is 5.04. The number of benzene rings is 1. The molecule has 1 atom stereocenters. The van der Waals surface area contributed by atoms with Crippen LogP contribution in [0.5, 0.6) is 0 Å². The first kappa shape index (κ1) is 16.6. The molecular weight excluding hydrogens is 314 g/mol. The van der Waals surface area contributed by atoms with E-state index >= 15 is 0 Å². The number of rotatable bonds is 3. The van der Waals surface area contributed by atoms with Gasteiger partial charge in [0.25, 0.3) is 5.91 Å². The van der Waals surface area contributed by atoms with Gasteiger partial charge < -0.3 is 19.5 Å². The molecule has 0 spiro atoms. The maximum atomic E-state index is 13.0. The number of H-pyrrole nitrogens is 1. The van der Waals surface area contributed by atoms with Crippen LogP contribution in [0.4, 0.5) is 0 Å². The summed E-state index contributed by atoms with van der Waals surface area (Å²) < 4.78 is 6.04. The summed E-state index contributed by atoms with van der Waals surface area (Å²) >= 11 is 0. The molecule has 3 heterocycles. The molecule has 0 radical (unpaired) electrons. The second-order valence-corrected chi connectivity index (χ2v) is 7.24. The zero-order chi connectivity index (χ0) is 17.1. The molecule has 1 N–H and O–H groups in total. The van der Waals surface area contributed by atoms with Crippen molar-refractivity contribution in [2.24, 2.45) is 0 Å². The minimum Gasteiger partial charge on any atom is -0.375 e. The minimum absolute atomic E-state index is 0.122. The molecule has 2 fully saturated rings. The molecule has 1 aromatic carbocycles. The maximum Gasteiger partial charge on any atom is 0.253 e. The van der Waals surface area contributed by atoms with Gasteiger partial charge in [0.1, 0.15) is 0 Å². The van der Waals surface area contributed by atoms with Crippen molar-refractivity contribution in [2.75, 3.05) is 39.3 Å². The molecule has 2 aliphatic rings. The van der Waals surface area contributed by atoms with Gasteiger partial charge in [0, 0.05) is 48.9 Å². The zero-order valence-electron chi connectivity index (χ0n) is 14.7. The van der Waals surface area contributed by atoms with E-state index in [1.54, 1.807) is 0 Å². The summed E-state index contributed by atoms with van der Waals surface area (Å²) in [7, 11) is 0. The summed E-state index contributed by atoms with van der Waals surface area (Å²) in [5.74, 6) is 0.122. The Bertz CT molecular complexity index is 721. The van der Waals surface area contributed by atoms with Gasteiger partial charge in [-0.15, -0.1) is 0 Å². The summed E-state index contributed by atoms with van der Waals surface area (Å²) in [4.78, 5) is 20.7. The van der Waals surface area contributed by atoms with Gasteiger partial charge in [0.2, 0.25) is 0 Å². The largest absolute Gasteiger partial charge is 0.375 e. The average molecular weight is 341 g/mol. The number of fused-ring (bicyclic) bond motifs is 1. The number of carbonyl (C=O) groups is 1. The van der Waals surface area contributed by atoms with E-state index in [2.05, 4.69) is 9.88 Å². The van der Waals surface area contributed by atoms with Gasteiger partial charge in [0.05, 0.1) is 6.10 Å². The van der Waals surface area contributed by atoms with Gasteiger partial charge in [0.15, 0.2) is 0 Å². The molecule has 1 amide bonds. The molecule has 25 heavy (non-hydrogen) atoms. The first-order valence-electron chi connectivity index (χ1n) is 9.50. The van der Waals surface area contributed by atoms with Crippen molar-refractivity contribution in [3.8, 4) is 0 Å². The van der Waals surface area contributed by atoms with E-state index in [-0.39, 0.29) is 12.0 Å². The van der Waals surface area contributed by atoms with Crippen molar-refractivity contribution in [3.63, 3.8) is 0 Å². The van der Waals surface area contributed by atoms with Crippen LogP contribution in [0.2, 0.25) is 0 Å². The number of nitrogens with zero attached hydrogens (tertiary/aromatic N) is 2. The fourth-order valence-electron chi connectivity index (χ4n) is 3.99. The Hall–Kier alpha value is -1.85. The number of hydrogen-bond acceptors (Lipinski definition) is 3. The molecule has 5 nitrogen and oxygen atoms in total. The second-order valence-electron chi connectivity index (χ2n) is 7.24. The number of likely N-dealkylation sites (tertiary alicyclic amines) is 1. The quantitative estimate of drug-likeness (QED) is 0.934. The summed E-state index contributed by atoms with van der Waals surface area (Å²) in [6.45, 7) is 5.50. The first-order valence-corrected chi connectivity index (χ1v) is 9.50. The second kappa shape index (κ2) is 7.58. The normalized spacial score (nSPS) is 22.9. The SMILES string of the molecule is O=C(c1ccc2[nH]ccc2c1)N1CCCO[C@@H](CN2CCCCC2)C1. The zero-order valence-corrected chi connectivity index (χ0v) is 14.7. The van der Waals surface area contributed by atoms with Gasteiger partial charge >= 0.3 is 0 Å². The Morgan fingerprint density at radius 2 is 2.00 bits per heavy atom. The predicted octanol–water partition coefficient (Wildman–Crippen LogP) is 2.88. The van der Waals surface area contributed by atoms with Crippen LogP contribution in [0, 0.1) is 0 Å². The van der Waals surface area contributed by atoms with Gasteiger partial charge in [-0.2, -0.15) is 0 Å². The standard InChI is InChI=1S/C20H27N3O2/c24-20(17-5-6-19-16(13-17)7-8-21-19)23-11-4-12-25-18(15-23)14-22-9-2-1-3-10-22/h5-8,13,18,21H,1-4,9-12,14-15H2/t18-/m0/s1. The van der Waals surface area contributed by atoms with Gasteiger partial charge in [-0.1, -0.05) is 6.42 Å². The van der Waals surface area contributed by atoms with E-state index in [1.165, 1.54) is 19.3 Å². The Morgan fingerprint density at radius 3 is 2.88 bits per heavy atom. The number of ether oxygens (including phenoxy) is 1. The van der Waals surface area contributed by atoms with Gasteiger partial charge in [-0.3, -0.25) is 4.79 Å². The molecule has 0 bridgehead atoms. The molecule has 2 aromatic rings. The van der Waals surface area contributed by atoms with E-state index in [0.29, 0.717) is 6.54 Å². The maximum absolute atomic E-state index is 13.0. The molecule has 0 unspecified atom stereocenters. The third-order valence-corrected chi connectivity index (χ3v) is 5.35. The highest BCUT2D eigenvalue weighted by Gasteiger charge is 2.25. The number of piperidine rings is 1. The lowest BCUT2D eigenvalue weighted by molar-refractivity contribution is 0.0216. The lowest BCUT2D eigenvalue weighted by Crippen LogP contribution is -2.43. The minimum atomic E-state index is 0.122. The first-order chi connectivity index (χ1) is 12.3. The molecule has 5 heteroatoms. The summed E-state index contributed by atoms with van der Waals surface area (Å²) in [5, 5.41) is 1.08. The predicted molar refractivity (Wildman–Crippen MR) is 98.9 cm³/mol.